The number of anilines is 1. The maximum atomic E-state index is 11.1. The molecule has 0 unspecified atom stereocenters. The highest BCUT2D eigenvalue weighted by Crippen LogP contribution is 2.25. The molecule has 0 aliphatic carbocycles. The predicted octanol–water partition coefficient (Wildman–Crippen LogP) is 4.44. The number of carbonyl (C=O) groups excluding carboxylic acids is 1. The summed E-state index contributed by atoms with van der Waals surface area (Å²) in [6.07, 6.45) is 0.810. The molecule has 0 aromatic heterocycles. The summed E-state index contributed by atoms with van der Waals surface area (Å²) in [4.78, 5) is 13.1. The molecule has 0 bridgehead atoms. The van der Waals surface area contributed by atoms with Gasteiger partial charge in [-0.05, 0) is 29.8 Å². The molecule has 0 spiro atoms. The summed E-state index contributed by atoms with van der Waals surface area (Å²) in [5, 5.41) is 1.27. The first-order chi connectivity index (χ1) is 9.11. The summed E-state index contributed by atoms with van der Waals surface area (Å²) in [7, 11) is 1.92. The molecule has 0 saturated carbocycles. The molecule has 0 radical (unpaired) electrons. The summed E-state index contributed by atoms with van der Waals surface area (Å²) < 4.78 is 0. The number of hydrogen-bond donors (Lipinski definition) is 0. The van der Waals surface area contributed by atoms with Crippen molar-refractivity contribution in [2.24, 2.45) is 0 Å². The van der Waals surface area contributed by atoms with Crippen molar-refractivity contribution in [3.05, 3.63) is 63.6 Å². The second-order valence-corrected chi connectivity index (χ2v) is 5.11. The van der Waals surface area contributed by atoms with Gasteiger partial charge in [0.1, 0.15) is 0 Å². The van der Waals surface area contributed by atoms with E-state index in [4.69, 9.17) is 23.2 Å². The first kappa shape index (κ1) is 13.9. The van der Waals surface area contributed by atoms with Crippen molar-refractivity contribution in [3.8, 4) is 0 Å². The van der Waals surface area contributed by atoms with E-state index in [0.29, 0.717) is 17.1 Å². The van der Waals surface area contributed by atoms with Gasteiger partial charge >= 0.3 is 0 Å². The zero-order valence-electron chi connectivity index (χ0n) is 10.4. The van der Waals surface area contributed by atoms with Crippen LogP contribution >= 0.6 is 23.2 Å². The second-order valence-electron chi connectivity index (χ2n) is 4.27. The minimum absolute atomic E-state index is 0.553. The third-order valence-electron chi connectivity index (χ3n) is 2.89. The van der Waals surface area contributed by atoms with Crippen molar-refractivity contribution in [3.63, 3.8) is 0 Å². The molecule has 2 nitrogen and oxygen atoms in total. The lowest BCUT2D eigenvalue weighted by atomic mass is 10.1. The van der Waals surface area contributed by atoms with E-state index in [2.05, 4.69) is 0 Å². The molecule has 98 valence electrons. The van der Waals surface area contributed by atoms with Crippen molar-refractivity contribution in [2.45, 2.75) is 6.54 Å². The molecule has 0 amide bonds. The zero-order valence-corrected chi connectivity index (χ0v) is 11.9. The monoisotopic (exact) mass is 293 g/mol. The summed E-state index contributed by atoms with van der Waals surface area (Å²) in [6, 6.07) is 12.9. The predicted molar refractivity (Wildman–Crippen MR) is 80.4 cm³/mol. The fraction of sp³-hybridized carbons (Fsp3) is 0.133. The Hall–Kier alpha value is -1.51. The molecule has 0 aliphatic rings. The van der Waals surface area contributed by atoms with Crippen LogP contribution in [0.25, 0.3) is 0 Å². The smallest absolute Gasteiger partial charge is 0.152 e. The molecule has 0 heterocycles. The number of carbonyl (C=O) groups is 1. The molecule has 0 fully saturated rings. The van der Waals surface area contributed by atoms with Crippen LogP contribution in [-0.4, -0.2) is 13.3 Å². The summed E-state index contributed by atoms with van der Waals surface area (Å²) in [6.45, 7) is 0.627. The van der Waals surface area contributed by atoms with E-state index >= 15 is 0 Å². The van der Waals surface area contributed by atoms with E-state index in [1.807, 2.05) is 42.3 Å². The number of aldehydes is 1. The van der Waals surface area contributed by atoms with Gasteiger partial charge in [0.05, 0.1) is 0 Å². The van der Waals surface area contributed by atoms with Crippen molar-refractivity contribution < 1.29 is 4.79 Å². The number of rotatable bonds is 4. The van der Waals surface area contributed by atoms with Gasteiger partial charge in [-0.3, -0.25) is 4.79 Å². The number of halogens is 2. The normalized spacial score (nSPS) is 10.3. The average molecular weight is 294 g/mol. The van der Waals surface area contributed by atoms with Crippen LogP contribution in [-0.2, 0) is 6.54 Å². The lowest BCUT2D eigenvalue weighted by molar-refractivity contribution is 0.112. The fourth-order valence-electron chi connectivity index (χ4n) is 1.93. The van der Waals surface area contributed by atoms with Crippen molar-refractivity contribution >= 4 is 35.2 Å². The van der Waals surface area contributed by atoms with E-state index in [1.165, 1.54) is 0 Å². The van der Waals surface area contributed by atoms with Gasteiger partial charge in [0.25, 0.3) is 0 Å². The Morgan fingerprint density at radius 2 is 1.89 bits per heavy atom. The van der Waals surface area contributed by atoms with Gasteiger partial charge in [0.15, 0.2) is 6.29 Å². The third-order valence-corrected chi connectivity index (χ3v) is 3.50. The molecule has 2 rings (SSSR count). The first-order valence-corrected chi connectivity index (χ1v) is 6.56. The maximum Gasteiger partial charge on any atom is 0.152 e. The number of nitrogens with zero attached hydrogens (tertiary/aromatic N) is 1. The minimum atomic E-state index is 0.553. The molecule has 0 N–H and O–H groups in total. The molecule has 2 aromatic carbocycles. The molecular formula is C15H13Cl2NO. The molecule has 4 heteroatoms. The molecule has 0 aliphatic heterocycles. The highest BCUT2D eigenvalue weighted by Gasteiger charge is 2.09. The molecular weight excluding hydrogens is 281 g/mol. The van der Waals surface area contributed by atoms with Crippen LogP contribution in [0.5, 0.6) is 0 Å². The lowest BCUT2D eigenvalue weighted by Crippen LogP contribution is -2.18. The Morgan fingerprint density at radius 3 is 2.58 bits per heavy atom. The third kappa shape index (κ3) is 3.28. The van der Waals surface area contributed by atoms with Crippen LogP contribution in [0.1, 0.15) is 15.9 Å². The topological polar surface area (TPSA) is 20.3 Å². The van der Waals surface area contributed by atoms with Crippen molar-refractivity contribution in [2.75, 3.05) is 11.9 Å². The van der Waals surface area contributed by atoms with Crippen LogP contribution in [0.3, 0.4) is 0 Å². The largest absolute Gasteiger partial charge is 0.370 e. The molecule has 0 atom stereocenters. The summed E-state index contributed by atoms with van der Waals surface area (Å²) >= 11 is 12.0. The van der Waals surface area contributed by atoms with Gasteiger partial charge in [-0.25, -0.2) is 0 Å². The van der Waals surface area contributed by atoms with Crippen LogP contribution in [0.2, 0.25) is 10.0 Å². The lowest BCUT2D eigenvalue weighted by Gasteiger charge is -2.21. The van der Waals surface area contributed by atoms with Crippen molar-refractivity contribution in [1.29, 1.82) is 0 Å². The van der Waals surface area contributed by atoms with E-state index in [9.17, 15) is 4.79 Å². The van der Waals surface area contributed by atoms with E-state index in [1.54, 1.807) is 12.1 Å². The Morgan fingerprint density at radius 1 is 1.16 bits per heavy atom. The maximum absolute atomic E-state index is 11.1. The molecule has 2 aromatic rings. The number of hydrogen-bond acceptors (Lipinski definition) is 2. The van der Waals surface area contributed by atoms with Crippen LogP contribution in [0.15, 0.2) is 42.5 Å². The fourth-order valence-corrected chi connectivity index (χ4v) is 2.31. The van der Waals surface area contributed by atoms with Crippen molar-refractivity contribution in [1.82, 2.24) is 0 Å². The SMILES string of the molecule is CN(Cc1ccccc1Cl)c1ccc(Cl)cc1C=O. The standard InChI is InChI=1S/C15H13Cl2NO/c1-18(9-11-4-2-3-5-14(11)17)15-7-6-13(16)8-12(15)10-19/h2-8,10H,9H2,1H3. The first-order valence-electron chi connectivity index (χ1n) is 5.81. The highest BCUT2D eigenvalue weighted by atomic mass is 35.5. The second kappa shape index (κ2) is 6.09. The van der Waals surface area contributed by atoms with Gasteiger partial charge < -0.3 is 4.90 Å². The van der Waals surface area contributed by atoms with Gasteiger partial charge in [0.2, 0.25) is 0 Å². The van der Waals surface area contributed by atoms with Crippen LogP contribution in [0.4, 0.5) is 5.69 Å². The van der Waals surface area contributed by atoms with E-state index < -0.39 is 0 Å². The minimum Gasteiger partial charge on any atom is -0.370 e. The van der Waals surface area contributed by atoms with Gasteiger partial charge in [-0.1, -0.05) is 41.4 Å². The highest BCUT2D eigenvalue weighted by molar-refractivity contribution is 6.31. The Bertz CT molecular complexity index is 598. The Balaban J connectivity index is 2.28. The Labute approximate surface area is 122 Å². The summed E-state index contributed by atoms with van der Waals surface area (Å²) in [5.74, 6) is 0. The molecule has 0 saturated heterocycles. The quantitative estimate of drug-likeness (QED) is 0.777. The number of benzene rings is 2. The van der Waals surface area contributed by atoms with Crippen LogP contribution in [0, 0.1) is 0 Å². The van der Waals surface area contributed by atoms with E-state index in [-0.39, 0.29) is 0 Å². The van der Waals surface area contributed by atoms with Crippen LogP contribution < -0.4 is 4.90 Å². The Kier molecular flexibility index (Phi) is 4.46. The summed E-state index contributed by atoms with van der Waals surface area (Å²) in [5.41, 5.74) is 2.42. The van der Waals surface area contributed by atoms with E-state index in [0.717, 1.165) is 22.6 Å². The van der Waals surface area contributed by atoms with Gasteiger partial charge in [0, 0.05) is 34.9 Å². The average Bonchev–Trinajstić information content (AvgIpc) is 2.41. The van der Waals surface area contributed by atoms with Gasteiger partial charge in [-0.2, -0.15) is 0 Å². The van der Waals surface area contributed by atoms with Gasteiger partial charge in [-0.15, -0.1) is 0 Å². The molecule has 19 heavy (non-hydrogen) atoms. The zero-order chi connectivity index (χ0) is 13.8.